The third kappa shape index (κ3) is 2.36. The topological polar surface area (TPSA) is 69.6 Å². The van der Waals surface area contributed by atoms with E-state index in [-0.39, 0.29) is 30.4 Å². The highest BCUT2D eigenvalue weighted by Gasteiger charge is 2.44. The van der Waals surface area contributed by atoms with Crippen molar-refractivity contribution in [3.63, 3.8) is 0 Å². The van der Waals surface area contributed by atoms with E-state index in [0.717, 1.165) is 44.9 Å². The van der Waals surface area contributed by atoms with Crippen LogP contribution in [0.1, 0.15) is 44.9 Å². The first kappa shape index (κ1) is 12.9. The average Bonchev–Trinajstić information content (AvgIpc) is 3.09. The van der Waals surface area contributed by atoms with Gasteiger partial charge in [0.1, 0.15) is 6.04 Å². The zero-order chi connectivity index (χ0) is 13.5. The van der Waals surface area contributed by atoms with Gasteiger partial charge in [-0.1, -0.05) is 0 Å². The fraction of sp³-hybridized carbons (Fsp3) is 0.857. The first-order chi connectivity index (χ1) is 9.15. The molecular weight excluding hydrogens is 244 g/mol. The Morgan fingerprint density at radius 2 is 1.95 bits per heavy atom. The van der Waals surface area contributed by atoms with Crippen LogP contribution in [-0.2, 0) is 9.59 Å². The van der Waals surface area contributed by atoms with Gasteiger partial charge in [0.05, 0.1) is 12.1 Å². The van der Waals surface area contributed by atoms with E-state index < -0.39 is 5.54 Å². The first-order valence-corrected chi connectivity index (χ1v) is 7.39. The normalized spacial score (nSPS) is 28.9. The summed E-state index contributed by atoms with van der Waals surface area (Å²) in [6, 6.07) is -0.308. The lowest BCUT2D eigenvalue weighted by Gasteiger charge is -2.42. The Morgan fingerprint density at radius 1 is 1.21 bits per heavy atom. The number of nitrogens with zero attached hydrogens (tertiary/aromatic N) is 1. The Hall–Kier alpha value is -1.10. The number of carbonyl (C=O) groups excluding carboxylic acids is 2. The number of aliphatic hydroxyl groups is 1. The molecule has 0 bridgehead atoms. The summed E-state index contributed by atoms with van der Waals surface area (Å²) in [4.78, 5) is 26.3. The lowest BCUT2D eigenvalue weighted by Crippen LogP contribution is -2.60. The largest absolute Gasteiger partial charge is 0.394 e. The number of aliphatic hydroxyl groups excluding tert-OH is 1. The molecule has 1 atom stereocenters. The Labute approximate surface area is 113 Å². The average molecular weight is 266 g/mol. The van der Waals surface area contributed by atoms with E-state index in [9.17, 15) is 14.7 Å². The van der Waals surface area contributed by atoms with Gasteiger partial charge in [-0.25, -0.2) is 0 Å². The van der Waals surface area contributed by atoms with Crippen molar-refractivity contribution in [3.8, 4) is 0 Å². The molecule has 0 aromatic rings. The van der Waals surface area contributed by atoms with E-state index in [2.05, 4.69) is 5.32 Å². The fourth-order valence-corrected chi connectivity index (χ4v) is 3.14. The lowest BCUT2D eigenvalue weighted by molar-refractivity contribution is -0.141. The number of nitrogens with one attached hydrogen (secondary N) is 1. The van der Waals surface area contributed by atoms with Gasteiger partial charge < -0.3 is 15.3 Å². The minimum atomic E-state index is -0.409. The molecule has 1 aliphatic heterocycles. The van der Waals surface area contributed by atoms with Gasteiger partial charge in [0.25, 0.3) is 0 Å². The summed E-state index contributed by atoms with van der Waals surface area (Å²) in [5, 5.41) is 12.4. The molecule has 3 rings (SSSR count). The third-order valence-electron chi connectivity index (χ3n) is 4.77. The SMILES string of the molecule is O=C(NC1(CO)CCC1)C1CCCN1C(=O)C1CC1. The molecular formula is C14H22N2O3. The van der Waals surface area contributed by atoms with Crippen molar-refractivity contribution in [2.45, 2.75) is 56.5 Å². The van der Waals surface area contributed by atoms with Crippen molar-refractivity contribution in [1.82, 2.24) is 10.2 Å². The molecule has 1 unspecified atom stereocenters. The molecule has 2 aliphatic carbocycles. The molecule has 5 heteroatoms. The van der Waals surface area contributed by atoms with Crippen LogP contribution in [0.15, 0.2) is 0 Å². The van der Waals surface area contributed by atoms with Crippen LogP contribution in [0.5, 0.6) is 0 Å². The second-order valence-corrected chi connectivity index (χ2v) is 6.25. The van der Waals surface area contributed by atoms with Crippen molar-refractivity contribution in [3.05, 3.63) is 0 Å². The molecule has 3 fully saturated rings. The highest BCUT2D eigenvalue weighted by atomic mass is 16.3. The predicted molar refractivity (Wildman–Crippen MR) is 69.3 cm³/mol. The highest BCUT2D eigenvalue weighted by molar-refractivity contribution is 5.90. The van der Waals surface area contributed by atoms with Crippen molar-refractivity contribution in [2.24, 2.45) is 5.92 Å². The van der Waals surface area contributed by atoms with Gasteiger partial charge in [-0.15, -0.1) is 0 Å². The standard InChI is InChI=1S/C14H22N2O3/c17-9-14(6-2-7-14)15-12(18)11-3-1-8-16(11)13(19)10-4-5-10/h10-11,17H,1-9H2,(H,15,18). The number of hydrogen-bond acceptors (Lipinski definition) is 3. The molecule has 0 aromatic heterocycles. The predicted octanol–water partition coefficient (Wildman–Crippen LogP) is 0.419. The second-order valence-electron chi connectivity index (χ2n) is 6.25. The minimum absolute atomic E-state index is 0.00202. The summed E-state index contributed by atoms with van der Waals surface area (Å²) in [6.07, 6.45) is 6.36. The maximum Gasteiger partial charge on any atom is 0.243 e. The van der Waals surface area contributed by atoms with Gasteiger partial charge in [-0.3, -0.25) is 9.59 Å². The van der Waals surface area contributed by atoms with E-state index in [1.165, 1.54) is 0 Å². The van der Waals surface area contributed by atoms with Crippen LogP contribution in [0, 0.1) is 5.92 Å². The van der Waals surface area contributed by atoms with Crippen LogP contribution >= 0.6 is 0 Å². The van der Waals surface area contributed by atoms with Crippen LogP contribution in [0.25, 0.3) is 0 Å². The third-order valence-corrected chi connectivity index (χ3v) is 4.77. The van der Waals surface area contributed by atoms with E-state index in [0.29, 0.717) is 6.54 Å². The van der Waals surface area contributed by atoms with Crippen LogP contribution in [0.3, 0.4) is 0 Å². The van der Waals surface area contributed by atoms with Crippen LogP contribution in [0.2, 0.25) is 0 Å². The Morgan fingerprint density at radius 3 is 2.47 bits per heavy atom. The Kier molecular flexibility index (Phi) is 3.25. The van der Waals surface area contributed by atoms with Crippen molar-refractivity contribution >= 4 is 11.8 Å². The fourth-order valence-electron chi connectivity index (χ4n) is 3.14. The van der Waals surface area contributed by atoms with Gasteiger partial charge in [0.2, 0.25) is 11.8 Å². The maximum absolute atomic E-state index is 12.4. The molecule has 106 valence electrons. The van der Waals surface area contributed by atoms with E-state index in [1.54, 1.807) is 4.90 Å². The summed E-state index contributed by atoms with van der Waals surface area (Å²) in [7, 11) is 0. The van der Waals surface area contributed by atoms with Gasteiger partial charge in [-0.05, 0) is 44.9 Å². The Balaban J connectivity index is 1.63. The molecule has 1 saturated heterocycles. The van der Waals surface area contributed by atoms with Crippen molar-refractivity contribution in [2.75, 3.05) is 13.2 Å². The molecule has 2 amide bonds. The molecule has 2 N–H and O–H groups in total. The number of amides is 2. The molecule has 0 aromatic carbocycles. The van der Waals surface area contributed by atoms with E-state index >= 15 is 0 Å². The number of carbonyl (C=O) groups is 2. The Bertz CT molecular complexity index is 383. The molecule has 2 saturated carbocycles. The molecule has 0 spiro atoms. The summed E-state index contributed by atoms with van der Waals surface area (Å²) in [5.41, 5.74) is -0.409. The monoisotopic (exact) mass is 266 g/mol. The summed E-state index contributed by atoms with van der Waals surface area (Å²) >= 11 is 0. The zero-order valence-corrected chi connectivity index (χ0v) is 11.2. The first-order valence-electron chi connectivity index (χ1n) is 7.39. The minimum Gasteiger partial charge on any atom is -0.394 e. The molecule has 1 heterocycles. The summed E-state index contributed by atoms with van der Waals surface area (Å²) in [6.45, 7) is 0.710. The van der Waals surface area contributed by atoms with Crippen LogP contribution < -0.4 is 5.32 Å². The van der Waals surface area contributed by atoms with E-state index in [4.69, 9.17) is 0 Å². The molecule has 0 radical (unpaired) electrons. The quantitative estimate of drug-likeness (QED) is 0.774. The van der Waals surface area contributed by atoms with Gasteiger partial charge in [-0.2, -0.15) is 0 Å². The maximum atomic E-state index is 12.4. The van der Waals surface area contributed by atoms with Crippen molar-refractivity contribution < 1.29 is 14.7 Å². The summed E-state index contributed by atoms with van der Waals surface area (Å²) < 4.78 is 0. The lowest BCUT2D eigenvalue weighted by atomic mass is 9.77. The number of likely N-dealkylation sites (tertiary alicyclic amines) is 1. The summed E-state index contributed by atoms with van der Waals surface area (Å²) in [5.74, 6) is 0.258. The van der Waals surface area contributed by atoms with Gasteiger partial charge >= 0.3 is 0 Å². The number of rotatable bonds is 4. The highest BCUT2D eigenvalue weighted by Crippen LogP contribution is 2.35. The zero-order valence-electron chi connectivity index (χ0n) is 11.2. The second kappa shape index (κ2) is 4.78. The molecule has 19 heavy (non-hydrogen) atoms. The van der Waals surface area contributed by atoms with Gasteiger partial charge in [0.15, 0.2) is 0 Å². The molecule has 3 aliphatic rings. The molecule has 5 nitrogen and oxygen atoms in total. The van der Waals surface area contributed by atoms with Crippen molar-refractivity contribution in [1.29, 1.82) is 0 Å². The van der Waals surface area contributed by atoms with Crippen LogP contribution in [-0.4, -0.2) is 46.6 Å². The van der Waals surface area contributed by atoms with Crippen LogP contribution in [0.4, 0.5) is 0 Å². The van der Waals surface area contributed by atoms with E-state index in [1.807, 2.05) is 0 Å². The number of hydrogen-bond donors (Lipinski definition) is 2. The smallest absolute Gasteiger partial charge is 0.243 e. The van der Waals surface area contributed by atoms with Gasteiger partial charge in [0, 0.05) is 12.5 Å².